The molecule has 0 amide bonds. The molecule has 0 bridgehead atoms. The van der Waals surface area contributed by atoms with E-state index >= 15 is 0 Å². The fourth-order valence-electron chi connectivity index (χ4n) is 1.55. The number of carboxylic acids is 1. The van der Waals surface area contributed by atoms with Crippen molar-refractivity contribution in [3.63, 3.8) is 0 Å². The third kappa shape index (κ3) is 3.04. The van der Waals surface area contributed by atoms with Gasteiger partial charge < -0.3 is 24.4 Å². The molecule has 0 saturated heterocycles. The number of carbonyl (C=O) groups is 1. The highest BCUT2D eigenvalue weighted by molar-refractivity contribution is 5.72. The van der Waals surface area contributed by atoms with Crippen LogP contribution in [0.3, 0.4) is 0 Å². The Morgan fingerprint density at radius 2 is 1.61 bits per heavy atom. The number of benzene rings is 1. The maximum Gasteiger partial charge on any atom is 0.332 e. The first-order chi connectivity index (χ1) is 8.53. The van der Waals surface area contributed by atoms with Crippen molar-refractivity contribution in [1.82, 2.24) is 0 Å². The molecule has 0 saturated carbocycles. The average Bonchev–Trinajstić information content (AvgIpc) is 2.37. The van der Waals surface area contributed by atoms with E-state index in [-0.39, 0.29) is 6.42 Å². The van der Waals surface area contributed by atoms with Crippen molar-refractivity contribution in [2.75, 3.05) is 21.3 Å². The molecule has 6 nitrogen and oxygen atoms in total. The number of aliphatic carboxylic acids is 1. The Morgan fingerprint density at radius 1 is 1.11 bits per heavy atom. The molecule has 6 heteroatoms. The van der Waals surface area contributed by atoms with Crippen LogP contribution in [0, 0.1) is 0 Å². The molecule has 0 radical (unpaired) electrons. The van der Waals surface area contributed by atoms with Gasteiger partial charge in [0.2, 0.25) is 0 Å². The van der Waals surface area contributed by atoms with Crippen LogP contribution < -0.4 is 14.2 Å². The molecule has 0 heterocycles. The largest absolute Gasteiger partial charge is 0.496 e. The Morgan fingerprint density at radius 3 is 2.06 bits per heavy atom. The fourth-order valence-corrected chi connectivity index (χ4v) is 1.55. The summed E-state index contributed by atoms with van der Waals surface area (Å²) in [5.41, 5.74) is 0.532. The number of ether oxygens (including phenoxy) is 3. The number of hydrogen-bond acceptors (Lipinski definition) is 5. The van der Waals surface area contributed by atoms with Gasteiger partial charge in [-0.05, 0) is 6.07 Å². The summed E-state index contributed by atoms with van der Waals surface area (Å²) < 4.78 is 15.3. The Bertz CT molecular complexity index is 429. The van der Waals surface area contributed by atoms with E-state index in [0.29, 0.717) is 22.8 Å². The Kier molecular flexibility index (Phi) is 4.79. The first kappa shape index (κ1) is 14.1. The second-order valence-electron chi connectivity index (χ2n) is 3.58. The van der Waals surface area contributed by atoms with Crippen LogP contribution in [-0.2, 0) is 11.2 Å². The lowest BCUT2D eigenvalue weighted by molar-refractivity contribution is -0.146. The number of hydrogen-bond donors (Lipinski definition) is 2. The smallest absolute Gasteiger partial charge is 0.332 e. The molecular weight excluding hydrogens is 240 g/mol. The van der Waals surface area contributed by atoms with E-state index in [9.17, 15) is 9.90 Å². The fraction of sp³-hybridized carbons (Fsp3) is 0.417. The molecule has 0 aliphatic rings. The van der Waals surface area contributed by atoms with Gasteiger partial charge in [0.15, 0.2) is 17.6 Å². The van der Waals surface area contributed by atoms with Crippen LogP contribution in [0.25, 0.3) is 0 Å². The number of rotatable bonds is 6. The number of aliphatic hydroxyl groups excluding tert-OH is 1. The lowest BCUT2D eigenvalue weighted by Crippen LogP contribution is -2.22. The maximum absolute atomic E-state index is 10.6. The summed E-state index contributed by atoms with van der Waals surface area (Å²) in [6.45, 7) is 0. The van der Waals surface area contributed by atoms with Gasteiger partial charge in [-0.1, -0.05) is 0 Å². The van der Waals surface area contributed by atoms with Crippen LogP contribution in [0.5, 0.6) is 17.2 Å². The molecule has 1 aromatic rings. The minimum atomic E-state index is -1.49. The molecule has 1 aromatic carbocycles. The van der Waals surface area contributed by atoms with Crippen LogP contribution in [-0.4, -0.2) is 43.6 Å². The normalized spacial score (nSPS) is 11.8. The number of methoxy groups -OCH3 is 3. The van der Waals surface area contributed by atoms with Gasteiger partial charge in [0.1, 0.15) is 5.75 Å². The van der Waals surface area contributed by atoms with Gasteiger partial charge in [-0.2, -0.15) is 0 Å². The maximum atomic E-state index is 10.6. The lowest BCUT2D eigenvalue weighted by Gasteiger charge is -2.15. The summed E-state index contributed by atoms with van der Waals surface area (Å²) >= 11 is 0. The predicted molar refractivity (Wildman–Crippen MR) is 63.4 cm³/mol. The zero-order chi connectivity index (χ0) is 13.7. The summed E-state index contributed by atoms with van der Waals surface area (Å²) in [6, 6.07) is 3.17. The van der Waals surface area contributed by atoms with Crippen molar-refractivity contribution in [3.8, 4) is 17.2 Å². The predicted octanol–water partition coefficient (Wildman–Crippen LogP) is 0.700. The minimum absolute atomic E-state index is 0.0706. The van der Waals surface area contributed by atoms with E-state index in [4.69, 9.17) is 19.3 Å². The molecular formula is C12H16O6. The molecule has 1 rings (SSSR count). The monoisotopic (exact) mass is 256 g/mol. The van der Waals surface area contributed by atoms with Crippen molar-refractivity contribution in [2.45, 2.75) is 12.5 Å². The number of carboxylic acid groups (broad SMARTS) is 1. The zero-order valence-electron chi connectivity index (χ0n) is 10.5. The summed E-state index contributed by atoms with van der Waals surface area (Å²) in [5, 5.41) is 18.1. The van der Waals surface area contributed by atoms with Crippen molar-refractivity contribution >= 4 is 5.97 Å². The van der Waals surface area contributed by atoms with Gasteiger partial charge in [-0.25, -0.2) is 4.79 Å². The molecule has 1 atom stereocenters. The molecule has 1 unspecified atom stereocenters. The van der Waals surface area contributed by atoms with E-state index in [2.05, 4.69) is 0 Å². The van der Waals surface area contributed by atoms with Gasteiger partial charge in [-0.3, -0.25) is 0 Å². The molecule has 18 heavy (non-hydrogen) atoms. The molecule has 0 aromatic heterocycles. The lowest BCUT2D eigenvalue weighted by atomic mass is 10.1. The Hall–Kier alpha value is -1.95. The van der Waals surface area contributed by atoms with E-state index in [1.165, 1.54) is 21.3 Å². The van der Waals surface area contributed by atoms with Gasteiger partial charge in [0, 0.05) is 18.1 Å². The van der Waals surface area contributed by atoms with E-state index in [1.54, 1.807) is 12.1 Å². The van der Waals surface area contributed by atoms with Gasteiger partial charge in [0.25, 0.3) is 0 Å². The first-order valence-corrected chi connectivity index (χ1v) is 5.23. The van der Waals surface area contributed by atoms with Crippen LogP contribution >= 0.6 is 0 Å². The Balaban J connectivity index is 3.13. The van der Waals surface area contributed by atoms with Crippen molar-refractivity contribution in [3.05, 3.63) is 17.7 Å². The molecule has 0 spiro atoms. The summed E-state index contributed by atoms with van der Waals surface area (Å²) in [6.07, 6.45) is -1.56. The van der Waals surface area contributed by atoms with E-state index in [1.807, 2.05) is 0 Å². The summed E-state index contributed by atoms with van der Waals surface area (Å²) in [7, 11) is 4.42. The number of aliphatic hydroxyl groups is 1. The molecule has 100 valence electrons. The summed E-state index contributed by atoms with van der Waals surface area (Å²) in [5.74, 6) is 0.0774. The van der Waals surface area contributed by atoms with E-state index in [0.717, 1.165) is 0 Å². The highest BCUT2D eigenvalue weighted by Gasteiger charge is 2.19. The topological polar surface area (TPSA) is 85.2 Å². The average molecular weight is 256 g/mol. The minimum Gasteiger partial charge on any atom is -0.496 e. The molecule has 2 N–H and O–H groups in total. The summed E-state index contributed by atoms with van der Waals surface area (Å²) in [4.78, 5) is 10.6. The van der Waals surface area contributed by atoms with Crippen LogP contribution in [0.15, 0.2) is 12.1 Å². The molecule has 0 aliphatic carbocycles. The van der Waals surface area contributed by atoms with Gasteiger partial charge in [0.05, 0.1) is 21.3 Å². The van der Waals surface area contributed by atoms with Crippen molar-refractivity contribution in [2.24, 2.45) is 0 Å². The highest BCUT2D eigenvalue weighted by atomic mass is 16.5. The van der Waals surface area contributed by atoms with E-state index < -0.39 is 12.1 Å². The van der Waals surface area contributed by atoms with Gasteiger partial charge in [-0.15, -0.1) is 0 Å². The third-order valence-corrected chi connectivity index (χ3v) is 2.48. The van der Waals surface area contributed by atoms with Crippen molar-refractivity contribution in [1.29, 1.82) is 0 Å². The highest BCUT2D eigenvalue weighted by Crippen LogP contribution is 2.35. The third-order valence-electron chi connectivity index (χ3n) is 2.48. The Labute approximate surface area is 105 Å². The van der Waals surface area contributed by atoms with Crippen LogP contribution in [0.1, 0.15) is 5.56 Å². The molecule has 0 fully saturated rings. The second-order valence-corrected chi connectivity index (χ2v) is 3.58. The van der Waals surface area contributed by atoms with Crippen molar-refractivity contribution < 1.29 is 29.2 Å². The van der Waals surface area contributed by atoms with Gasteiger partial charge >= 0.3 is 5.97 Å². The SMILES string of the molecule is COc1cc(OC)c(OC)cc1CC(O)C(=O)O. The van der Waals surface area contributed by atoms with Crippen LogP contribution in [0.2, 0.25) is 0 Å². The second kappa shape index (κ2) is 6.11. The quantitative estimate of drug-likeness (QED) is 0.779. The zero-order valence-corrected chi connectivity index (χ0v) is 10.5. The first-order valence-electron chi connectivity index (χ1n) is 5.23. The van der Waals surface area contributed by atoms with Crippen LogP contribution in [0.4, 0.5) is 0 Å². The standard InChI is InChI=1S/C12H16O6/c1-16-9-6-11(18-3)10(17-2)5-7(9)4-8(13)12(14)15/h5-6,8,13H,4H2,1-3H3,(H,14,15). The molecule has 0 aliphatic heterocycles.